The van der Waals surface area contributed by atoms with Gasteiger partial charge >= 0.3 is 0 Å². The Kier molecular flexibility index (Phi) is 5.24. The molecule has 0 amide bonds. The SMILES string of the molecule is C=S(=C)(NC)c1ccccc1Nc1nc(NN)ncc1SF. The zero-order chi connectivity index (χ0) is 16.2. The van der Waals surface area contributed by atoms with Crippen molar-refractivity contribution in [1.29, 1.82) is 0 Å². The van der Waals surface area contributed by atoms with Crippen molar-refractivity contribution < 1.29 is 3.89 Å². The molecule has 0 aliphatic carbocycles. The Labute approximate surface area is 133 Å². The van der Waals surface area contributed by atoms with Gasteiger partial charge in [0.1, 0.15) is 4.90 Å². The van der Waals surface area contributed by atoms with Gasteiger partial charge in [0.25, 0.3) is 0 Å². The van der Waals surface area contributed by atoms with Crippen LogP contribution in [0.2, 0.25) is 0 Å². The van der Waals surface area contributed by atoms with E-state index in [1.165, 1.54) is 6.20 Å². The Balaban J connectivity index is 2.48. The van der Waals surface area contributed by atoms with Crippen LogP contribution in [0.5, 0.6) is 0 Å². The fourth-order valence-corrected chi connectivity index (χ4v) is 3.10. The van der Waals surface area contributed by atoms with E-state index in [4.69, 9.17) is 5.84 Å². The van der Waals surface area contributed by atoms with E-state index < -0.39 is 9.39 Å². The van der Waals surface area contributed by atoms with Crippen LogP contribution in [-0.4, -0.2) is 28.8 Å². The first-order chi connectivity index (χ1) is 10.5. The van der Waals surface area contributed by atoms with Crippen LogP contribution in [-0.2, 0) is 0 Å². The van der Waals surface area contributed by atoms with E-state index in [-0.39, 0.29) is 23.0 Å². The Morgan fingerprint density at radius 1 is 1.32 bits per heavy atom. The van der Waals surface area contributed by atoms with Crippen LogP contribution < -0.4 is 21.3 Å². The summed E-state index contributed by atoms with van der Waals surface area (Å²) >= 11 is 0.0568. The van der Waals surface area contributed by atoms with Crippen molar-refractivity contribution >= 4 is 50.7 Å². The first kappa shape index (κ1) is 16.6. The number of rotatable bonds is 6. The number of nitrogens with zero attached hydrogens (tertiary/aromatic N) is 2. The van der Waals surface area contributed by atoms with Gasteiger partial charge in [-0.15, -0.1) is 9.39 Å². The molecule has 1 aromatic carbocycles. The summed E-state index contributed by atoms with van der Waals surface area (Å²) in [5, 5.41) is 3.10. The van der Waals surface area contributed by atoms with Gasteiger partial charge in [0.2, 0.25) is 5.95 Å². The van der Waals surface area contributed by atoms with Crippen LogP contribution in [0, 0.1) is 0 Å². The molecule has 0 spiro atoms. The summed E-state index contributed by atoms with van der Waals surface area (Å²) in [6.07, 6.45) is 1.35. The van der Waals surface area contributed by atoms with Gasteiger partial charge in [-0.25, -0.2) is 10.8 Å². The second-order valence-corrected chi connectivity index (χ2v) is 7.55. The summed E-state index contributed by atoms with van der Waals surface area (Å²) in [6.45, 7) is 0. The van der Waals surface area contributed by atoms with Gasteiger partial charge in [0.15, 0.2) is 5.82 Å². The van der Waals surface area contributed by atoms with E-state index >= 15 is 0 Å². The van der Waals surface area contributed by atoms with Gasteiger partial charge in [-0.3, -0.25) is 10.1 Å². The van der Waals surface area contributed by atoms with Crippen molar-refractivity contribution in [3.8, 4) is 0 Å². The second kappa shape index (κ2) is 6.97. The Morgan fingerprint density at radius 2 is 2.05 bits per heavy atom. The van der Waals surface area contributed by atoms with Gasteiger partial charge in [0.05, 0.1) is 24.0 Å². The maximum absolute atomic E-state index is 13.0. The molecule has 9 heteroatoms. The van der Waals surface area contributed by atoms with Crippen molar-refractivity contribution in [2.24, 2.45) is 5.84 Å². The third-order valence-electron chi connectivity index (χ3n) is 2.92. The van der Waals surface area contributed by atoms with Crippen molar-refractivity contribution in [3.63, 3.8) is 0 Å². The summed E-state index contributed by atoms with van der Waals surface area (Å²) < 4.78 is 16.1. The van der Waals surface area contributed by atoms with Crippen molar-refractivity contribution in [2.45, 2.75) is 9.79 Å². The molecule has 6 nitrogen and oxygen atoms in total. The molecular weight excluding hydrogens is 323 g/mol. The van der Waals surface area contributed by atoms with Crippen LogP contribution >= 0.6 is 21.5 Å². The molecule has 0 aliphatic rings. The third kappa shape index (κ3) is 3.50. The van der Waals surface area contributed by atoms with Gasteiger partial charge in [0, 0.05) is 4.90 Å². The highest BCUT2D eigenvalue weighted by molar-refractivity contribution is 8.26. The molecule has 2 aromatic rings. The molecule has 0 atom stereocenters. The topological polar surface area (TPSA) is 87.9 Å². The van der Waals surface area contributed by atoms with E-state index in [9.17, 15) is 3.89 Å². The highest BCUT2D eigenvalue weighted by Gasteiger charge is 2.12. The van der Waals surface area contributed by atoms with E-state index in [2.05, 4.69) is 37.2 Å². The summed E-state index contributed by atoms with van der Waals surface area (Å²) in [5.41, 5.74) is 3.08. The molecular formula is C13H17FN6S2. The highest BCUT2D eigenvalue weighted by atomic mass is 32.2. The monoisotopic (exact) mass is 340 g/mol. The van der Waals surface area contributed by atoms with E-state index in [0.29, 0.717) is 5.82 Å². The quantitative estimate of drug-likeness (QED) is 0.365. The first-order valence-corrected chi connectivity index (χ1v) is 8.87. The van der Waals surface area contributed by atoms with Crippen LogP contribution in [0.4, 0.5) is 21.3 Å². The second-order valence-electron chi connectivity index (χ2n) is 4.34. The maximum Gasteiger partial charge on any atom is 0.239 e. The molecule has 0 bridgehead atoms. The number of hydrazine groups is 1. The number of nitrogen functional groups attached to an aromatic ring is 1. The average Bonchev–Trinajstić information content (AvgIpc) is 2.55. The van der Waals surface area contributed by atoms with Crippen LogP contribution in [0.1, 0.15) is 0 Å². The van der Waals surface area contributed by atoms with E-state index in [0.717, 1.165) is 10.6 Å². The summed E-state index contributed by atoms with van der Waals surface area (Å²) in [4.78, 5) is 9.17. The number of anilines is 3. The maximum atomic E-state index is 13.0. The van der Waals surface area contributed by atoms with Crippen molar-refractivity contribution in [3.05, 3.63) is 30.5 Å². The lowest BCUT2D eigenvalue weighted by molar-refractivity contribution is 0.928. The van der Waals surface area contributed by atoms with Crippen LogP contribution in [0.15, 0.2) is 40.3 Å². The molecule has 0 unspecified atom stereocenters. The van der Waals surface area contributed by atoms with E-state index in [1.54, 1.807) is 7.05 Å². The normalized spacial score (nSPS) is 11.2. The van der Waals surface area contributed by atoms with Gasteiger partial charge in [-0.2, -0.15) is 8.87 Å². The van der Waals surface area contributed by atoms with E-state index in [1.807, 2.05) is 24.3 Å². The summed E-state index contributed by atoms with van der Waals surface area (Å²) in [7, 11) is 0.121. The predicted molar refractivity (Wildman–Crippen MR) is 95.7 cm³/mol. The first-order valence-electron chi connectivity index (χ1n) is 6.18. The Bertz CT molecular complexity index is 763. The lowest BCUT2D eigenvalue weighted by atomic mass is 10.3. The zero-order valence-electron chi connectivity index (χ0n) is 12.0. The number of nitrogens with one attached hydrogen (secondary N) is 3. The minimum Gasteiger partial charge on any atom is -0.338 e. The van der Waals surface area contributed by atoms with Crippen LogP contribution in [0.25, 0.3) is 0 Å². The summed E-state index contributed by atoms with van der Waals surface area (Å²) in [6, 6.07) is 7.53. The molecule has 5 N–H and O–H groups in total. The van der Waals surface area contributed by atoms with Crippen LogP contribution in [0.3, 0.4) is 0 Å². The van der Waals surface area contributed by atoms with Gasteiger partial charge in [-0.1, -0.05) is 23.9 Å². The smallest absolute Gasteiger partial charge is 0.239 e. The summed E-state index contributed by atoms with van der Waals surface area (Å²) in [5.74, 6) is 14.0. The molecule has 2 rings (SSSR count). The minimum absolute atomic E-state index is 0.0568. The largest absolute Gasteiger partial charge is 0.338 e. The molecule has 22 heavy (non-hydrogen) atoms. The molecule has 0 aliphatic heterocycles. The molecule has 0 radical (unpaired) electrons. The number of halogens is 1. The highest BCUT2D eigenvalue weighted by Crippen LogP contribution is 2.37. The fourth-order valence-electron chi connectivity index (χ4n) is 1.73. The van der Waals surface area contributed by atoms with Crippen molar-refractivity contribution in [1.82, 2.24) is 14.7 Å². The standard InChI is InChI=1S/C13H17FN6S2/c1-16-22(2,3)11-7-5-4-6-9(11)18-12-10(21-14)8-17-13(19-12)20-15/h4-8,16H,2-3,15H2,1H3,(H2,17,18,19,20). The lowest BCUT2D eigenvalue weighted by Gasteiger charge is -2.19. The Morgan fingerprint density at radius 3 is 2.68 bits per heavy atom. The number of aromatic nitrogens is 2. The van der Waals surface area contributed by atoms with Crippen molar-refractivity contribution in [2.75, 3.05) is 17.8 Å². The molecule has 0 saturated carbocycles. The number of nitrogens with two attached hydrogens (primary N) is 1. The third-order valence-corrected chi connectivity index (χ3v) is 5.36. The number of hydrogen-bond donors (Lipinski definition) is 4. The molecule has 118 valence electrons. The molecule has 0 saturated heterocycles. The average molecular weight is 340 g/mol. The molecule has 1 aromatic heterocycles. The molecule has 0 fully saturated rings. The predicted octanol–water partition coefficient (Wildman–Crippen LogP) is 2.64. The minimum atomic E-state index is -1.68. The van der Waals surface area contributed by atoms with Gasteiger partial charge < -0.3 is 5.32 Å². The van der Waals surface area contributed by atoms with Gasteiger partial charge in [-0.05, 0) is 19.2 Å². The zero-order valence-corrected chi connectivity index (χ0v) is 13.6. The number of benzene rings is 1. The fraction of sp³-hybridized carbons (Fsp3) is 0.0769. The Hall–Kier alpha value is -1.81. The molecule has 1 heterocycles. The lowest BCUT2D eigenvalue weighted by Crippen LogP contribution is -2.12. The number of hydrogen-bond acceptors (Lipinski definition) is 7. The number of para-hydroxylation sites is 1.